The molecular formula is C19H20N2O3. The number of ether oxygens (including phenoxy) is 2. The van der Waals surface area contributed by atoms with E-state index in [0.717, 1.165) is 17.5 Å². The highest BCUT2D eigenvalue weighted by molar-refractivity contribution is 5.82. The quantitative estimate of drug-likeness (QED) is 0.673. The molecule has 0 atom stereocenters. The molecule has 0 unspecified atom stereocenters. The molecule has 0 amide bonds. The van der Waals surface area contributed by atoms with Crippen LogP contribution in [-0.2, 0) is 16.0 Å². The van der Waals surface area contributed by atoms with Crippen LogP contribution in [0.4, 0.5) is 0 Å². The molecule has 0 spiro atoms. The fourth-order valence-electron chi connectivity index (χ4n) is 2.23. The van der Waals surface area contributed by atoms with Gasteiger partial charge in [0.2, 0.25) is 5.88 Å². The summed E-state index contributed by atoms with van der Waals surface area (Å²) in [7, 11) is 1.62. The van der Waals surface area contributed by atoms with Crippen LogP contribution in [0.1, 0.15) is 18.1 Å². The average Bonchev–Trinajstić information content (AvgIpc) is 2.64. The summed E-state index contributed by atoms with van der Waals surface area (Å²) in [6, 6.07) is 14.2. The van der Waals surface area contributed by atoms with Crippen LogP contribution < -0.4 is 4.74 Å². The van der Waals surface area contributed by atoms with Crippen molar-refractivity contribution in [2.45, 2.75) is 13.3 Å². The molecule has 124 valence electrons. The van der Waals surface area contributed by atoms with Crippen molar-refractivity contribution in [3.05, 3.63) is 66.0 Å². The van der Waals surface area contributed by atoms with E-state index in [-0.39, 0.29) is 0 Å². The maximum Gasteiger partial charge on any atom is 0.293 e. The molecule has 1 aromatic carbocycles. The van der Waals surface area contributed by atoms with Gasteiger partial charge in [-0.3, -0.25) is 9.78 Å². The Kier molecular flexibility index (Phi) is 6.71. The summed E-state index contributed by atoms with van der Waals surface area (Å²) in [4.78, 5) is 17.8. The fourth-order valence-corrected chi connectivity index (χ4v) is 2.23. The molecule has 0 aliphatic heterocycles. The SMILES string of the molecule is CCOC=O.COc1ccc(Cc2ccnc3ccccc23)cn1. The first-order valence-corrected chi connectivity index (χ1v) is 7.65. The number of carbonyl (C=O) groups excluding carboxylic acids is 1. The van der Waals surface area contributed by atoms with E-state index in [1.807, 2.05) is 42.7 Å². The minimum atomic E-state index is 0.431. The summed E-state index contributed by atoms with van der Waals surface area (Å²) in [5.74, 6) is 0.642. The van der Waals surface area contributed by atoms with Crippen LogP contribution in [0.15, 0.2) is 54.9 Å². The van der Waals surface area contributed by atoms with E-state index in [0.29, 0.717) is 19.0 Å². The molecular weight excluding hydrogens is 304 g/mol. The highest BCUT2D eigenvalue weighted by Crippen LogP contribution is 2.19. The molecule has 0 fully saturated rings. The van der Waals surface area contributed by atoms with Crippen LogP contribution in [-0.4, -0.2) is 30.2 Å². The highest BCUT2D eigenvalue weighted by atomic mass is 16.5. The van der Waals surface area contributed by atoms with Crippen molar-refractivity contribution < 1.29 is 14.3 Å². The Hall–Kier alpha value is -2.95. The van der Waals surface area contributed by atoms with Crippen LogP contribution in [0.3, 0.4) is 0 Å². The molecule has 0 saturated carbocycles. The van der Waals surface area contributed by atoms with E-state index in [9.17, 15) is 4.79 Å². The minimum Gasteiger partial charge on any atom is -0.481 e. The molecule has 3 aromatic rings. The first-order valence-electron chi connectivity index (χ1n) is 7.65. The van der Waals surface area contributed by atoms with Crippen molar-refractivity contribution >= 4 is 17.4 Å². The number of rotatable bonds is 5. The van der Waals surface area contributed by atoms with Crippen molar-refractivity contribution in [3.63, 3.8) is 0 Å². The zero-order chi connectivity index (χ0) is 17.2. The lowest BCUT2D eigenvalue weighted by molar-refractivity contribution is -0.128. The Morgan fingerprint density at radius 2 is 1.92 bits per heavy atom. The monoisotopic (exact) mass is 324 g/mol. The number of para-hydroxylation sites is 1. The zero-order valence-corrected chi connectivity index (χ0v) is 13.8. The predicted molar refractivity (Wildman–Crippen MR) is 93.0 cm³/mol. The normalized spacial score (nSPS) is 9.75. The second-order valence-corrected chi connectivity index (χ2v) is 4.92. The third kappa shape index (κ3) is 4.78. The number of pyridine rings is 2. The van der Waals surface area contributed by atoms with Gasteiger partial charge in [-0.1, -0.05) is 24.3 Å². The second kappa shape index (κ2) is 9.25. The Morgan fingerprint density at radius 1 is 1.08 bits per heavy atom. The Balaban J connectivity index is 0.000000368. The number of benzene rings is 1. The van der Waals surface area contributed by atoms with Crippen LogP contribution in [0.5, 0.6) is 5.88 Å². The summed E-state index contributed by atoms with van der Waals surface area (Å²) < 4.78 is 9.22. The standard InChI is InChI=1S/C16H14N2O.C3H6O2/c1-19-16-7-6-12(11-18-16)10-13-8-9-17-15-5-3-2-4-14(13)15;1-2-5-3-4/h2-9,11H,10H2,1H3;3H,2H2,1H3. The lowest BCUT2D eigenvalue weighted by atomic mass is 10.0. The smallest absolute Gasteiger partial charge is 0.293 e. The molecule has 0 saturated heterocycles. The third-order valence-corrected chi connectivity index (χ3v) is 3.38. The molecule has 3 rings (SSSR count). The summed E-state index contributed by atoms with van der Waals surface area (Å²) in [5, 5.41) is 1.20. The van der Waals surface area contributed by atoms with Crippen LogP contribution in [0.2, 0.25) is 0 Å². The van der Waals surface area contributed by atoms with Gasteiger partial charge in [-0.2, -0.15) is 0 Å². The molecule has 0 aliphatic carbocycles. The van der Waals surface area contributed by atoms with Gasteiger partial charge in [-0.15, -0.1) is 0 Å². The predicted octanol–water partition coefficient (Wildman–Crippen LogP) is 3.41. The molecule has 0 aliphatic rings. The summed E-state index contributed by atoms with van der Waals surface area (Å²) in [6.07, 6.45) is 4.56. The Bertz CT molecular complexity index is 768. The van der Waals surface area contributed by atoms with E-state index in [1.165, 1.54) is 10.9 Å². The lowest BCUT2D eigenvalue weighted by Gasteiger charge is -2.06. The first-order chi connectivity index (χ1) is 11.8. The molecule has 0 N–H and O–H groups in total. The number of aromatic nitrogens is 2. The van der Waals surface area contributed by atoms with Gasteiger partial charge in [-0.25, -0.2) is 4.98 Å². The maximum atomic E-state index is 9.18. The van der Waals surface area contributed by atoms with Gasteiger partial charge in [0, 0.05) is 23.8 Å². The summed E-state index contributed by atoms with van der Waals surface area (Å²) in [6.45, 7) is 2.66. The number of hydrogen-bond donors (Lipinski definition) is 0. The van der Waals surface area contributed by atoms with Gasteiger partial charge < -0.3 is 9.47 Å². The summed E-state index contributed by atoms with van der Waals surface area (Å²) in [5.41, 5.74) is 3.45. The molecule has 0 bridgehead atoms. The van der Waals surface area contributed by atoms with Crippen molar-refractivity contribution in [2.24, 2.45) is 0 Å². The largest absolute Gasteiger partial charge is 0.481 e. The van der Waals surface area contributed by atoms with E-state index >= 15 is 0 Å². The van der Waals surface area contributed by atoms with Crippen LogP contribution in [0, 0.1) is 0 Å². The van der Waals surface area contributed by atoms with Crippen molar-refractivity contribution in [1.82, 2.24) is 9.97 Å². The molecule has 5 heteroatoms. The van der Waals surface area contributed by atoms with Gasteiger partial charge in [-0.05, 0) is 36.6 Å². The topological polar surface area (TPSA) is 61.3 Å². The van der Waals surface area contributed by atoms with Crippen molar-refractivity contribution in [3.8, 4) is 5.88 Å². The third-order valence-electron chi connectivity index (χ3n) is 3.38. The van der Waals surface area contributed by atoms with Gasteiger partial charge >= 0.3 is 0 Å². The molecule has 5 nitrogen and oxygen atoms in total. The fraction of sp³-hybridized carbons (Fsp3) is 0.211. The Morgan fingerprint density at radius 3 is 2.54 bits per heavy atom. The van der Waals surface area contributed by atoms with Gasteiger partial charge in [0.05, 0.1) is 19.2 Å². The molecule has 0 radical (unpaired) electrons. The molecule has 2 heterocycles. The number of carbonyl (C=O) groups is 1. The zero-order valence-electron chi connectivity index (χ0n) is 13.8. The van der Waals surface area contributed by atoms with Gasteiger partial charge in [0.15, 0.2) is 0 Å². The van der Waals surface area contributed by atoms with Gasteiger partial charge in [0.25, 0.3) is 6.47 Å². The van der Waals surface area contributed by atoms with E-state index < -0.39 is 0 Å². The lowest BCUT2D eigenvalue weighted by Crippen LogP contribution is -1.93. The molecule has 2 aromatic heterocycles. The Labute approximate surface area is 141 Å². The minimum absolute atomic E-state index is 0.431. The van der Waals surface area contributed by atoms with Crippen molar-refractivity contribution in [2.75, 3.05) is 13.7 Å². The number of nitrogens with zero attached hydrogens (tertiary/aromatic N) is 2. The van der Waals surface area contributed by atoms with Crippen molar-refractivity contribution in [1.29, 1.82) is 0 Å². The highest BCUT2D eigenvalue weighted by Gasteiger charge is 2.03. The van der Waals surface area contributed by atoms with Crippen LogP contribution >= 0.6 is 0 Å². The number of methoxy groups -OCH3 is 1. The van der Waals surface area contributed by atoms with Gasteiger partial charge in [0.1, 0.15) is 0 Å². The maximum absolute atomic E-state index is 9.18. The molecule has 24 heavy (non-hydrogen) atoms. The number of fused-ring (bicyclic) bond motifs is 1. The van der Waals surface area contributed by atoms with E-state index in [4.69, 9.17) is 4.74 Å². The average molecular weight is 324 g/mol. The summed E-state index contributed by atoms with van der Waals surface area (Å²) >= 11 is 0. The first kappa shape index (κ1) is 17.4. The van der Waals surface area contributed by atoms with Crippen LogP contribution in [0.25, 0.3) is 10.9 Å². The number of hydrogen-bond acceptors (Lipinski definition) is 5. The van der Waals surface area contributed by atoms with E-state index in [2.05, 4.69) is 26.8 Å². The van der Waals surface area contributed by atoms with E-state index in [1.54, 1.807) is 14.0 Å². The second-order valence-electron chi connectivity index (χ2n) is 4.92.